The summed E-state index contributed by atoms with van der Waals surface area (Å²) in [5.41, 5.74) is 4.12. The normalized spacial score (nSPS) is 10.9. The van der Waals surface area contributed by atoms with Gasteiger partial charge in [0.05, 0.1) is 6.61 Å². The van der Waals surface area contributed by atoms with Crippen LogP contribution in [-0.4, -0.2) is 12.5 Å². The van der Waals surface area contributed by atoms with Crippen LogP contribution in [0.4, 0.5) is 5.69 Å². The summed E-state index contributed by atoms with van der Waals surface area (Å²) in [7, 11) is 0. The highest BCUT2D eigenvalue weighted by Crippen LogP contribution is 2.31. The average Bonchev–Trinajstić information content (AvgIpc) is 2.80. The van der Waals surface area contributed by atoms with Crippen LogP contribution in [-0.2, 0) is 11.4 Å². The van der Waals surface area contributed by atoms with E-state index in [2.05, 4.69) is 5.32 Å². The minimum absolute atomic E-state index is 0.0110. The number of aryl methyl sites for hydroxylation is 2. The Hall–Kier alpha value is -3.75. The lowest BCUT2D eigenvalue weighted by atomic mass is 10.1. The number of nitriles is 1. The lowest BCUT2D eigenvalue weighted by Crippen LogP contribution is -2.14. The maximum absolute atomic E-state index is 12.7. The summed E-state index contributed by atoms with van der Waals surface area (Å²) >= 11 is 6.21. The lowest BCUT2D eigenvalue weighted by molar-refractivity contribution is -0.112. The van der Waals surface area contributed by atoms with Crippen LogP contribution in [0.3, 0.4) is 0 Å². The van der Waals surface area contributed by atoms with E-state index in [1.54, 1.807) is 18.2 Å². The van der Waals surface area contributed by atoms with Crippen molar-refractivity contribution in [3.63, 3.8) is 0 Å². The Bertz CT molecular complexity index is 1230. The Labute approximate surface area is 199 Å². The zero-order chi connectivity index (χ0) is 23.8. The van der Waals surface area contributed by atoms with E-state index in [1.807, 2.05) is 69.3 Å². The van der Waals surface area contributed by atoms with E-state index in [9.17, 15) is 10.1 Å². The number of benzene rings is 3. The van der Waals surface area contributed by atoms with Crippen molar-refractivity contribution in [2.24, 2.45) is 0 Å². The summed E-state index contributed by atoms with van der Waals surface area (Å²) in [6.45, 7) is 6.45. The summed E-state index contributed by atoms with van der Waals surface area (Å²) in [6, 6.07) is 20.5. The number of amides is 1. The second-order valence-corrected chi connectivity index (χ2v) is 7.87. The maximum Gasteiger partial charge on any atom is 0.266 e. The van der Waals surface area contributed by atoms with Crippen molar-refractivity contribution in [2.75, 3.05) is 11.9 Å². The zero-order valence-electron chi connectivity index (χ0n) is 18.8. The molecule has 0 spiro atoms. The third kappa shape index (κ3) is 6.38. The number of hydrogen-bond acceptors (Lipinski definition) is 4. The highest BCUT2D eigenvalue weighted by molar-refractivity contribution is 6.31. The molecule has 0 bridgehead atoms. The number of nitrogens with one attached hydrogen (secondary N) is 1. The van der Waals surface area contributed by atoms with Crippen LogP contribution in [0.25, 0.3) is 6.08 Å². The van der Waals surface area contributed by atoms with Gasteiger partial charge in [0.15, 0.2) is 11.5 Å². The van der Waals surface area contributed by atoms with Gasteiger partial charge in [-0.3, -0.25) is 4.79 Å². The van der Waals surface area contributed by atoms with Gasteiger partial charge in [-0.25, -0.2) is 0 Å². The van der Waals surface area contributed by atoms with Gasteiger partial charge in [0.1, 0.15) is 18.2 Å². The van der Waals surface area contributed by atoms with Crippen LogP contribution in [0.15, 0.2) is 66.2 Å². The quantitative estimate of drug-likeness (QED) is 0.308. The number of nitrogens with zero attached hydrogens (tertiary/aromatic N) is 1. The van der Waals surface area contributed by atoms with Gasteiger partial charge in [-0.05, 0) is 67.8 Å². The highest BCUT2D eigenvalue weighted by atomic mass is 35.5. The Morgan fingerprint density at radius 2 is 1.85 bits per heavy atom. The lowest BCUT2D eigenvalue weighted by Gasteiger charge is -2.13. The second-order valence-electron chi connectivity index (χ2n) is 7.46. The van der Waals surface area contributed by atoms with E-state index < -0.39 is 5.91 Å². The monoisotopic (exact) mass is 460 g/mol. The van der Waals surface area contributed by atoms with E-state index in [1.165, 1.54) is 6.08 Å². The number of hydrogen-bond donors (Lipinski definition) is 1. The molecule has 3 aromatic rings. The molecule has 5 nitrogen and oxygen atoms in total. The van der Waals surface area contributed by atoms with Gasteiger partial charge in [0.2, 0.25) is 0 Å². The van der Waals surface area contributed by atoms with Gasteiger partial charge in [-0.1, -0.05) is 48.0 Å². The first-order valence-corrected chi connectivity index (χ1v) is 10.9. The van der Waals surface area contributed by atoms with Gasteiger partial charge < -0.3 is 14.8 Å². The molecule has 0 aliphatic rings. The van der Waals surface area contributed by atoms with Crippen molar-refractivity contribution < 1.29 is 14.3 Å². The Morgan fingerprint density at radius 1 is 1.06 bits per heavy atom. The molecule has 0 heterocycles. The average molecular weight is 461 g/mol. The molecule has 168 valence electrons. The summed E-state index contributed by atoms with van der Waals surface area (Å²) in [4.78, 5) is 12.7. The molecule has 33 heavy (non-hydrogen) atoms. The van der Waals surface area contributed by atoms with Gasteiger partial charge in [-0.2, -0.15) is 5.26 Å². The molecule has 0 unspecified atom stereocenters. The predicted molar refractivity (Wildman–Crippen MR) is 132 cm³/mol. The maximum atomic E-state index is 12.7. The van der Waals surface area contributed by atoms with E-state index in [4.69, 9.17) is 21.1 Å². The van der Waals surface area contributed by atoms with Crippen LogP contribution < -0.4 is 14.8 Å². The Balaban J connectivity index is 1.81. The van der Waals surface area contributed by atoms with Crippen LogP contribution in [0, 0.1) is 25.2 Å². The Kier molecular flexibility index (Phi) is 8.12. The van der Waals surface area contributed by atoms with E-state index in [-0.39, 0.29) is 12.2 Å². The molecule has 0 saturated carbocycles. The smallest absolute Gasteiger partial charge is 0.266 e. The summed E-state index contributed by atoms with van der Waals surface area (Å²) in [5.74, 6) is 0.598. The van der Waals surface area contributed by atoms with Crippen LogP contribution in [0.1, 0.15) is 29.2 Å². The van der Waals surface area contributed by atoms with Crippen molar-refractivity contribution in [3.8, 4) is 17.6 Å². The minimum Gasteiger partial charge on any atom is -0.490 e. The fourth-order valence-corrected chi connectivity index (χ4v) is 3.34. The molecular weight excluding hydrogens is 436 g/mol. The van der Waals surface area contributed by atoms with Gasteiger partial charge in [0, 0.05) is 16.3 Å². The number of rotatable bonds is 8. The molecular formula is C27H25ClN2O3. The first kappa shape index (κ1) is 23.9. The molecule has 0 aromatic heterocycles. The molecule has 0 aliphatic carbocycles. The largest absolute Gasteiger partial charge is 0.490 e. The standard InChI is InChI=1S/C27H25ClN2O3/c1-4-32-26-15-20(11-12-25(26)33-17-21-7-5-6-8-23(21)28)14-22(16-29)27(31)30-24-13-18(2)9-10-19(24)3/h5-15H,4,17H2,1-3H3,(H,30,31)/b22-14-. The third-order valence-corrected chi connectivity index (χ3v) is 5.29. The van der Waals surface area contributed by atoms with Gasteiger partial charge in [0.25, 0.3) is 5.91 Å². The van der Waals surface area contributed by atoms with Gasteiger partial charge >= 0.3 is 0 Å². The van der Waals surface area contributed by atoms with E-state index in [0.29, 0.717) is 34.4 Å². The summed E-state index contributed by atoms with van der Waals surface area (Å²) < 4.78 is 11.6. The Morgan fingerprint density at radius 3 is 2.58 bits per heavy atom. The molecule has 3 rings (SSSR count). The van der Waals surface area contributed by atoms with Crippen molar-refractivity contribution >= 4 is 29.3 Å². The molecule has 0 atom stereocenters. The molecule has 0 aliphatic heterocycles. The summed E-state index contributed by atoms with van der Waals surface area (Å²) in [6.07, 6.45) is 1.53. The van der Waals surface area contributed by atoms with Crippen LogP contribution in [0.2, 0.25) is 5.02 Å². The second kappa shape index (κ2) is 11.2. The third-order valence-electron chi connectivity index (χ3n) is 4.93. The van der Waals surface area contributed by atoms with E-state index >= 15 is 0 Å². The van der Waals surface area contributed by atoms with Crippen LogP contribution >= 0.6 is 11.6 Å². The zero-order valence-corrected chi connectivity index (χ0v) is 19.6. The number of carbonyl (C=O) groups is 1. The predicted octanol–water partition coefficient (Wildman–Crippen LogP) is 6.48. The number of anilines is 1. The van der Waals surface area contributed by atoms with Crippen molar-refractivity contribution in [1.29, 1.82) is 5.26 Å². The highest BCUT2D eigenvalue weighted by Gasteiger charge is 2.13. The SMILES string of the molecule is CCOc1cc(/C=C(/C#N)C(=O)Nc2cc(C)ccc2C)ccc1OCc1ccccc1Cl. The topological polar surface area (TPSA) is 71.3 Å². The minimum atomic E-state index is -0.469. The fraction of sp³-hybridized carbons (Fsp3) is 0.185. The van der Waals surface area contributed by atoms with Crippen LogP contribution in [0.5, 0.6) is 11.5 Å². The van der Waals surface area contributed by atoms with Crippen molar-refractivity contribution in [3.05, 3.63) is 93.5 Å². The van der Waals surface area contributed by atoms with Crippen molar-refractivity contribution in [1.82, 2.24) is 0 Å². The van der Waals surface area contributed by atoms with Crippen molar-refractivity contribution in [2.45, 2.75) is 27.4 Å². The molecule has 3 aromatic carbocycles. The van der Waals surface area contributed by atoms with Gasteiger partial charge in [-0.15, -0.1) is 0 Å². The number of halogens is 1. The van der Waals surface area contributed by atoms with E-state index in [0.717, 1.165) is 16.7 Å². The number of carbonyl (C=O) groups excluding carboxylic acids is 1. The summed E-state index contributed by atoms with van der Waals surface area (Å²) in [5, 5.41) is 13.0. The first-order chi connectivity index (χ1) is 15.9. The molecule has 0 fully saturated rings. The first-order valence-electron chi connectivity index (χ1n) is 10.5. The molecule has 1 N–H and O–H groups in total. The fourth-order valence-electron chi connectivity index (χ4n) is 3.15. The molecule has 1 amide bonds. The molecule has 0 radical (unpaired) electrons. The number of ether oxygens (including phenoxy) is 2. The molecule has 0 saturated heterocycles. The molecule has 6 heteroatoms.